The predicted octanol–water partition coefficient (Wildman–Crippen LogP) is 3.13. The van der Waals surface area contributed by atoms with E-state index in [9.17, 15) is 4.79 Å². The molecule has 0 amide bonds. The molecule has 0 rings (SSSR count). The minimum Gasteiger partial charge on any atom is -0.481 e. The molecular weight excluding hydrogens is 240 g/mol. The Bertz CT molecular complexity index is 210. The summed E-state index contributed by atoms with van der Waals surface area (Å²) in [6.45, 7) is 5.82. The second-order valence-electron chi connectivity index (χ2n) is 5.25. The third-order valence-electron chi connectivity index (χ3n) is 3.27. The van der Waals surface area contributed by atoms with Gasteiger partial charge in [-0.25, -0.2) is 0 Å². The fraction of sp³-hybridized carbons (Fsp3) is 0.933. The minimum atomic E-state index is -0.747. The Kier molecular flexibility index (Phi) is 13.4. The molecule has 0 radical (unpaired) electrons. The Morgan fingerprint density at radius 3 is 2.05 bits per heavy atom. The van der Waals surface area contributed by atoms with E-state index in [4.69, 9.17) is 5.11 Å². The minimum absolute atomic E-state index is 0.184. The van der Waals surface area contributed by atoms with Crippen LogP contribution in [-0.2, 0) is 4.79 Å². The maximum atomic E-state index is 10.3. The fourth-order valence-electron chi connectivity index (χ4n) is 2.05. The molecule has 0 spiro atoms. The zero-order chi connectivity index (χ0) is 14.3. The molecule has 0 saturated carbocycles. The van der Waals surface area contributed by atoms with Crippen molar-refractivity contribution in [2.45, 2.75) is 77.8 Å². The van der Waals surface area contributed by atoms with Crippen LogP contribution in [0.15, 0.2) is 0 Å². The highest BCUT2D eigenvalue weighted by atomic mass is 16.4. The van der Waals surface area contributed by atoms with Gasteiger partial charge in [0.05, 0.1) is 12.6 Å². The first-order valence-electron chi connectivity index (χ1n) is 7.85. The van der Waals surface area contributed by atoms with Crippen molar-refractivity contribution in [1.29, 1.82) is 0 Å². The fourth-order valence-corrected chi connectivity index (χ4v) is 2.05. The first-order valence-corrected chi connectivity index (χ1v) is 7.85. The summed E-state index contributed by atoms with van der Waals surface area (Å²) < 4.78 is 0. The van der Waals surface area contributed by atoms with Gasteiger partial charge in [0.25, 0.3) is 0 Å². The number of rotatable bonds is 14. The molecule has 0 heterocycles. The molecule has 19 heavy (non-hydrogen) atoms. The van der Waals surface area contributed by atoms with Gasteiger partial charge in [-0.05, 0) is 19.9 Å². The molecule has 1 atom stereocenters. The van der Waals surface area contributed by atoms with Crippen molar-refractivity contribution in [3.63, 3.8) is 0 Å². The Hall–Kier alpha value is -0.610. The summed E-state index contributed by atoms with van der Waals surface area (Å²) in [6.07, 6.45) is 11.1. The molecule has 114 valence electrons. The van der Waals surface area contributed by atoms with Crippen LogP contribution >= 0.6 is 0 Å². The number of carbonyl (C=O) groups is 1. The molecule has 0 aliphatic heterocycles. The number of hydrogen-bond donors (Lipinski definition) is 3. The lowest BCUT2D eigenvalue weighted by Gasteiger charge is -2.14. The number of carboxylic acid groups (broad SMARTS) is 1. The van der Waals surface area contributed by atoms with Crippen molar-refractivity contribution in [1.82, 2.24) is 10.6 Å². The van der Waals surface area contributed by atoms with Crippen molar-refractivity contribution in [3.05, 3.63) is 0 Å². The van der Waals surface area contributed by atoms with Crippen LogP contribution < -0.4 is 10.6 Å². The van der Waals surface area contributed by atoms with Crippen LogP contribution in [-0.4, -0.2) is 30.3 Å². The summed E-state index contributed by atoms with van der Waals surface area (Å²) in [4.78, 5) is 10.3. The zero-order valence-corrected chi connectivity index (χ0v) is 12.7. The molecule has 4 heteroatoms. The number of unbranched alkanes of at least 4 members (excludes halogenated alkanes) is 7. The molecule has 0 saturated heterocycles. The molecular formula is C15H32N2O2. The average molecular weight is 272 g/mol. The lowest BCUT2D eigenvalue weighted by atomic mass is 10.1. The third kappa shape index (κ3) is 15.3. The van der Waals surface area contributed by atoms with Gasteiger partial charge in [0.1, 0.15) is 0 Å². The van der Waals surface area contributed by atoms with Gasteiger partial charge >= 0.3 is 5.97 Å². The maximum Gasteiger partial charge on any atom is 0.304 e. The number of nitrogens with one attached hydrogen (secondary N) is 2. The lowest BCUT2D eigenvalue weighted by molar-refractivity contribution is -0.136. The quantitative estimate of drug-likeness (QED) is 0.336. The molecule has 1 unspecified atom stereocenters. The Morgan fingerprint density at radius 1 is 0.947 bits per heavy atom. The van der Waals surface area contributed by atoms with E-state index in [1.54, 1.807) is 0 Å². The van der Waals surface area contributed by atoms with Gasteiger partial charge in [-0.2, -0.15) is 0 Å². The first kappa shape index (κ1) is 18.4. The topological polar surface area (TPSA) is 61.4 Å². The Morgan fingerprint density at radius 2 is 1.47 bits per heavy atom. The lowest BCUT2D eigenvalue weighted by Crippen LogP contribution is -2.41. The zero-order valence-electron chi connectivity index (χ0n) is 12.7. The van der Waals surface area contributed by atoms with Gasteiger partial charge in [-0.1, -0.05) is 51.9 Å². The van der Waals surface area contributed by atoms with Gasteiger partial charge in [-0.3, -0.25) is 4.79 Å². The van der Waals surface area contributed by atoms with E-state index in [0.717, 1.165) is 6.54 Å². The number of aliphatic carboxylic acids is 1. The van der Waals surface area contributed by atoms with Crippen LogP contribution in [0, 0.1) is 0 Å². The second-order valence-corrected chi connectivity index (χ2v) is 5.25. The summed E-state index contributed by atoms with van der Waals surface area (Å²) in [5, 5.41) is 15.0. The van der Waals surface area contributed by atoms with Crippen LogP contribution in [0.5, 0.6) is 0 Å². The molecule has 0 bridgehead atoms. The normalized spacial score (nSPS) is 12.5. The molecule has 0 fully saturated rings. The molecule has 4 nitrogen and oxygen atoms in total. The number of hydrogen-bond acceptors (Lipinski definition) is 3. The van der Waals surface area contributed by atoms with Gasteiger partial charge in [0, 0.05) is 6.54 Å². The van der Waals surface area contributed by atoms with E-state index in [1.165, 1.54) is 51.4 Å². The Labute approximate surface area is 118 Å². The summed E-state index contributed by atoms with van der Waals surface area (Å²) in [5.41, 5.74) is 0. The number of carboxylic acids is 1. The van der Waals surface area contributed by atoms with E-state index < -0.39 is 5.97 Å². The van der Waals surface area contributed by atoms with Crippen LogP contribution in [0.4, 0.5) is 0 Å². The predicted molar refractivity (Wildman–Crippen MR) is 80.3 cm³/mol. The van der Waals surface area contributed by atoms with E-state index in [1.807, 2.05) is 6.92 Å². The molecule has 0 aromatic rings. The SMILES string of the molecule is CCCCCCCCCCNC(C)NCCC(=O)O. The van der Waals surface area contributed by atoms with Gasteiger partial charge in [-0.15, -0.1) is 0 Å². The summed E-state index contributed by atoms with van der Waals surface area (Å²) >= 11 is 0. The monoisotopic (exact) mass is 272 g/mol. The summed E-state index contributed by atoms with van der Waals surface area (Å²) in [7, 11) is 0. The van der Waals surface area contributed by atoms with Crippen molar-refractivity contribution in [2.75, 3.05) is 13.1 Å². The van der Waals surface area contributed by atoms with E-state index in [-0.39, 0.29) is 12.6 Å². The third-order valence-corrected chi connectivity index (χ3v) is 3.27. The molecule has 0 aromatic heterocycles. The largest absolute Gasteiger partial charge is 0.481 e. The van der Waals surface area contributed by atoms with E-state index in [0.29, 0.717) is 6.54 Å². The Balaban J connectivity index is 3.14. The van der Waals surface area contributed by atoms with Crippen molar-refractivity contribution in [3.8, 4) is 0 Å². The first-order chi connectivity index (χ1) is 9.16. The summed E-state index contributed by atoms with van der Waals surface area (Å²) in [5.74, 6) is -0.747. The van der Waals surface area contributed by atoms with Crippen LogP contribution in [0.3, 0.4) is 0 Å². The average Bonchev–Trinajstić information content (AvgIpc) is 2.36. The van der Waals surface area contributed by atoms with Gasteiger partial charge in [0.2, 0.25) is 0 Å². The standard InChI is InChI=1S/C15H32N2O2/c1-3-4-5-6-7-8-9-10-12-16-14(2)17-13-11-15(18)19/h14,16-17H,3-13H2,1-2H3,(H,18,19). The maximum absolute atomic E-state index is 10.3. The van der Waals surface area contributed by atoms with Gasteiger partial charge in [0.15, 0.2) is 0 Å². The highest BCUT2D eigenvalue weighted by Crippen LogP contribution is 2.07. The summed E-state index contributed by atoms with van der Waals surface area (Å²) in [6, 6.07) is 0. The molecule has 0 aliphatic rings. The van der Waals surface area contributed by atoms with E-state index in [2.05, 4.69) is 17.6 Å². The van der Waals surface area contributed by atoms with Gasteiger partial charge < -0.3 is 15.7 Å². The van der Waals surface area contributed by atoms with Crippen molar-refractivity contribution >= 4 is 5.97 Å². The van der Waals surface area contributed by atoms with Crippen LogP contribution in [0.2, 0.25) is 0 Å². The highest BCUT2D eigenvalue weighted by Gasteiger charge is 2.01. The molecule has 0 aliphatic carbocycles. The van der Waals surface area contributed by atoms with E-state index >= 15 is 0 Å². The molecule has 3 N–H and O–H groups in total. The molecule has 0 aromatic carbocycles. The highest BCUT2D eigenvalue weighted by molar-refractivity contribution is 5.66. The van der Waals surface area contributed by atoms with Crippen LogP contribution in [0.25, 0.3) is 0 Å². The van der Waals surface area contributed by atoms with Crippen molar-refractivity contribution < 1.29 is 9.90 Å². The second kappa shape index (κ2) is 13.8. The van der Waals surface area contributed by atoms with Crippen molar-refractivity contribution in [2.24, 2.45) is 0 Å². The smallest absolute Gasteiger partial charge is 0.304 e. The van der Waals surface area contributed by atoms with Crippen LogP contribution in [0.1, 0.15) is 71.6 Å².